The van der Waals surface area contributed by atoms with Crippen LogP contribution in [0.1, 0.15) is 6.92 Å². The molecule has 2 rings (SSSR count). The number of nitrogen functional groups attached to an aromatic ring is 1. The average Bonchev–Trinajstić information content (AvgIpc) is 2.23. The first kappa shape index (κ1) is 10.5. The van der Waals surface area contributed by atoms with Crippen molar-refractivity contribution in [2.24, 2.45) is 0 Å². The van der Waals surface area contributed by atoms with Crippen molar-refractivity contribution in [1.29, 1.82) is 0 Å². The molecule has 0 spiro atoms. The Bertz CT molecular complexity index is 359. The van der Waals surface area contributed by atoms with Crippen molar-refractivity contribution in [3.63, 3.8) is 0 Å². The number of anilines is 2. The van der Waals surface area contributed by atoms with E-state index in [0.29, 0.717) is 16.8 Å². The Hall–Kier alpha value is -1.00. The molecule has 4 nitrogen and oxygen atoms in total. The molecule has 0 aliphatic carbocycles. The number of morpholine rings is 1. The van der Waals surface area contributed by atoms with E-state index in [1.807, 2.05) is 6.07 Å². The molecule has 1 aromatic rings. The van der Waals surface area contributed by atoms with Crippen molar-refractivity contribution in [2.45, 2.75) is 13.0 Å². The van der Waals surface area contributed by atoms with Gasteiger partial charge in [-0.15, -0.1) is 0 Å². The summed E-state index contributed by atoms with van der Waals surface area (Å²) in [4.78, 5) is 6.45. The lowest BCUT2D eigenvalue weighted by molar-refractivity contribution is 0.0985. The summed E-state index contributed by atoms with van der Waals surface area (Å²) >= 11 is 5.83. The lowest BCUT2D eigenvalue weighted by atomic mass is 10.2. The molecule has 0 radical (unpaired) electrons. The topological polar surface area (TPSA) is 51.4 Å². The zero-order valence-electron chi connectivity index (χ0n) is 8.61. The van der Waals surface area contributed by atoms with Crippen LogP contribution in [0.4, 0.5) is 11.5 Å². The number of hydrogen-bond acceptors (Lipinski definition) is 4. The van der Waals surface area contributed by atoms with Crippen LogP contribution in [0.2, 0.25) is 5.02 Å². The summed E-state index contributed by atoms with van der Waals surface area (Å²) in [5.41, 5.74) is 6.31. The van der Waals surface area contributed by atoms with E-state index in [4.69, 9.17) is 22.1 Å². The zero-order chi connectivity index (χ0) is 10.8. The van der Waals surface area contributed by atoms with Gasteiger partial charge in [-0.25, -0.2) is 4.98 Å². The highest BCUT2D eigenvalue weighted by atomic mass is 35.5. The second kappa shape index (κ2) is 4.24. The van der Waals surface area contributed by atoms with Crippen molar-refractivity contribution in [3.05, 3.63) is 17.3 Å². The van der Waals surface area contributed by atoms with Gasteiger partial charge < -0.3 is 15.4 Å². The lowest BCUT2D eigenvalue weighted by Crippen LogP contribution is -2.44. The molecule has 1 aliphatic heterocycles. The molecule has 0 amide bonds. The van der Waals surface area contributed by atoms with Gasteiger partial charge in [-0.2, -0.15) is 0 Å². The third kappa shape index (κ3) is 2.16. The van der Waals surface area contributed by atoms with Crippen LogP contribution in [0.25, 0.3) is 0 Å². The summed E-state index contributed by atoms with van der Waals surface area (Å²) in [5.74, 6) is 0.868. The van der Waals surface area contributed by atoms with Crippen LogP contribution in [0.3, 0.4) is 0 Å². The SMILES string of the molecule is C[C@@H]1COCCN1c1cc(N)c(Cl)cn1. The first-order chi connectivity index (χ1) is 7.18. The van der Waals surface area contributed by atoms with E-state index in [1.54, 1.807) is 6.20 Å². The van der Waals surface area contributed by atoms with Gasteiger partial charge in [0.2, 0.25) is 0 Å². The zero-order valence-corrected chi connectivity index (χ0v) is 9.37. The van der Waals surface area contributed by atoms with E-state index in [9.17, 15) is 0 Å². The maximum absolute atomic E-state index is 5.83. The Kier molecular flexibility index (Phi) is 2.98. The van der Waals surface area contributed by atoms with Crippen molar-refractivity contribution in [3.8, 4) is 0 Å². The summed E-state index contributed by atoms with van der Waals surface area (Å²) in [6.45, 7) is 4.40. The maximum Gasteiger partial charge on any atom is 0.131 e. The number of pyridine rings is 1. The highest BCUT2D eigenvalue weighted by Crippen LogP contribution is 2.24. The van der Waals surface area contributed by atoms with Crippen molar-refractivity contribution < 1.29 is 4.74 Å². The quantitative estimate of drug-likeness (QED) is 0.791. The summed E-state index contributed by atoms with van der Waals surface area (Å²) in [6.07, 6.45) is 1.59. The number of halogens is 1. The second-order valence-corrected chi connectivity index (χ2v) is 4.09. The third-order valence-electron chi connectivity index (χ3n) is 2.53. The van der Waals surface area contributed by atoms with Crippen molar-refractivity contribution >= 4 is 23.1 Å². The van der Waals surface area contributed by atoms with E-state index < -0.39 is 0 Å². The minimum Gasteiger partial charge on any atom is -0.397 e. The van der Waals surface area contributed by atoms with Crippen LogP contribution in [0, 0.1) is 0 Å². The predicted octanol–water partition coefficient (Wildman–Crippen LogP) is 1.54. The Morgan fingerprint density at radius 1 is 1.67 bits per heavy atom. The summed E-state index contributed by atoms with van der Waals surface area (Å²) in [6, 6.07) is 2.14. The first-order valence-corrected chi connectivity index (χ1v) is 5.31. The summed E-state index contributed by atoms with van der Waals surface area (Å²) < 4.78 is 5.36. The molecule has 1 saturated heterocycles. The van der Waals surface area contributed by atoms with E-state index in [1.165, 1.54) is 0 Å². The molecule has 1 aliphatic rings. The molecular weight excluding hydrogens is 214 g/mol. The molecule has 15 heavy (non-hydrogen) atoms. The van der Waals surface area contributed by atoms with Gasteiger partial charge in [-0.1, -0.05) is 11.6 Å². The largest absolute Gasteiger partial charge is 0.397 e. The van der Waals surface area contributed by atoms with E-state index in [0.717, 1.165) is 25.6 Å². The maximum atomic E-state index is 5.83. The molecule has 0 bridgehead atoms. The lowest BCUT2D eigenvalue weighted by Gasteiger charge is -2.34. The molecule has 82 valence electrons. The van der Waals surface area contributed by atoms with Gasteiger partial charge in [0, 0.05) is 18.8 Å². The molecule has 1 aromatic heterocycles. The van der Waals surface area contributed by atoms with Gasteiger partial charge in [0.05, 0.1) is 30.0 Å². The normalized spacial score (nSPS) is 21.7. The Morgan fingerprint density at radius 2 is 2.47 bits per heavy atom. The highest BCUT2D eigenvalue weighted by molar-refractivity contribution is 6.32. The standard InChI is InChI=1S/C10H14ClN3O/c1-7-6-15-3-2-14(7)10-4-9(12)8(11)5-13-10/h4-5,7H,2-3,6H2,1H3,(H2,12,13)/t7-/m1/s1. The number of hydrogen-bond donors (Lipinski definition) is 1. The van der Waals surface area contributed by atoms with E-state index >= 15 is 0 Å². The number of ether oxygens (including phenoxy) is 1. The molecule has 1 atom stereocenters. The van der Waals surface area contributed by atoms with Gasteiger partial charge >= 0.3 is 0 Å². The third-order valence-corrected chi connectivity index (χ3v) is 2.85. The minimum atomic E-state index is 0.326. The minimum absolute atomic E-state index is 0.326. The van der Waals surface area contributed by atoms with Gasteiger partial charge in [0.1, 0.15) is 5.82 Å². The van der Waals surface area contributed by atoms with E-state index in [-0.39, 0.29) is 0 Å². The molecule has 1 fully saturated rings. The van der Waals surface area contributed by atoms with Crippen LogP contribution in [0.15, 0.2) is 12.3 Å². The number of aromatic nitrogens is 1. The predicted molar refractivity (Wildman–Crippen MR) is 61.3 cm³/mol. The fourth-order valence-corrected chi connectivity index (χ4v) is 1.77. The smallest absolute Gasteiger partial charge is 0.131 e. The van der Waals surface area contributed by atoms with Gasteiger partial charge in [-0.3, -0.25) is 0 Å². The molecule has 0 unspecified atom stereocenters. The number of rotatable bonds is 1. The molecule has 2 heterocycles. The monoisotopic (exact) mass is 227 g/mol. The van der Waals surface area contributed by atoms with Gasteiger partial charge in [0.15, 0.2) is 0 Å². The van der Waals surface area contributed by atoms with Crippen LogP contribution in [0.5, 0.6) is 0 Å². The summed E-state index contributed by atoms with van der Waals surface area (Å²) in [7, 11) is 0. The average molecular weight is 228 g/mol. The molecule has 5 heteroatoms. The molecular formula is C10H14ClN3O. The number of nitrogens with zero attached hydrogens (tertiary/aromatic N) is 2. The Balaban J connectivity index is 2.24. The molecule has 2 N–H and O–H groups in total. The first-order valence-electron chi connectivity index (χ1n) is 4.94. The number of nitrogens with two attached hydrogens (primary N) is 1. The van der Waals surface area contributed by atoms with Crippen molar-refractivity contribution in [1.82, 2.24) is 4.98 Å². The van der Waals surface area contributed by atoms with E-state index in [2.05, 4.69) is 16.8 Å². The molecule has 0 aromatic carbocycles. The molecule has 0 saturated carbocycles. The fraction of sp³-hybridized carbons (Fsp3) is 0.500. The Labute approximate surface area is 94.0 Å². The van der Waals surface area contributed by atoms with Gasteiger partial charge in [0.25, 0.3) is 0 Å². The van der Waals surface area contributed by atoms with Crippen LogP contribution in [-0.4, -0.2) is 30.8 Å². The fourth-order valence-electron chi connectivity index (χ4n) is 1.67. The van der Waals surface area contributed by atoms with Gasteiger partial charge in [-0.05, 0) is 6.92 Å². The highest BCUT2D eigenvalue weighted by Gasteiger charge is 2.20. The Morgan fingerprint density at radius 3 is 3.13 bits per heavy atom. The second-order valence-electron chi connectivity index (χ2n) is 3.68. The van der Waals surface area contributed by atoms with Crippen LogP contribution >= 0.6 is 11.6 Å². The van der Waals surface area contributed by atoms with Crippen molar-refractivity contribution in [2.75, 3.05) is 30.4 Å². The van der Waals surface area contributed by atoms with Crippen LogP contribution in [-0.2, 0) is 4.74 Å². The van der Waals surface area contributed by atoms with Crippen LogP contribution < -0.4 is 10.6 Å². The summed E-state index contributed by atoms with van der Waals surface area (Å²) in [5, 5.41) is 0.500.